The van der Waals surface area contributed by atoms with Gasteiger partial charge in [0.25, 0.3) is 0 Å². The lowest BCUT2D eigenvalue weighted by Crippen LogP contribution is -2.31. The van der Waals surface area contributed by atoms with Crippen LogP contribution in [0.25, 0.3) is 0 Å². The first-order chi connectivity index (χ1) is 4.57. The van der Waals surface area contributed by atoms with E-state index in [-0.39, 0.29) is 11.8 Å². The van der Waals surface area contributed by atoms with Crippen LogP contribution in [0.15, 0.2) is 0 Å². The van der Waals surface area contributed by atoms with E-state index in [2.05, 4.69) is 13.8 Å². The van der Waals surface area contributed by atoms with Crippen molar-refractivity contribution in [1.82, 2.24) is 0 Å². The SMILES string of the molecule is CCC(=O)[C@H](N)CC(C)C. The van der Waals surface area contributed by atoms with Crippen molar-refractivity contribution in [2.75, 3.05) is 0 Å². The first-order valence-electron chi connectivity index (χ1n) is 3.86. The Balaban J connectivity index is 3.61. The summed E-state index contributed by atoms with van der Waals surface area (Å²) < 4.78 is 0. The van der Waals surface area contributed by atoms with Crippen molar-refractivity contribution in [3.05, 3.63) is 0 Å². The summed E-state index contributed by atoms with van der Waals surface area (Å²) in [5.41, 5.74) is 5.58. The Morgan fingerprint density at radius 2 is 2.00 bits per heavy atom. The lowest BCUT2D eigenvalue weighted by atomic mass is 10.0. The van der Waals surface area contributed by atoms with Gasteiger partial charge in [-0.25, -0.2) is 0 Å². The molecule has 0 aliphatic heterocycles. The van der Waals surface area contributed by atoms with Gasteiger partial charge in [0.1, 0.15) is 5.78 Å². The number of rotatable bonds is 4. The molecule has 0 saturated heterocycles. The van der Waals surface area contributed by atoms with Crippen LogP contribution in [0.4, 0.5) is 0 Å². The Labute approximate surface area is 62.8 Å². The number of Topliss-reactive ketones (excluding diaryl/α,β-unsaturated/α-hetero) is 1. The maximum atomic E-state index is 10.9. The standard InChI is InChI=1S/C8H17NO/c1-4-8(10)7(9)5-6(2)3/h6-7H,4-5,9H2,1-3H3/t7-/m1/s1. The van der Waals surface area contributed by atoms with E-state index in [1.54, 1.807) is 0 Å². The molecule has 2 heteroatoms. The van der Waals surface area contributed by atoms with Crippen LogP contribution in [0.1, 0.15) is 33.6 Å². The van der Waals surface area contributed by atoms with Crippen LogP contribution in [0.5, 0.6) is 0 Å². The van der Waals surface area contributed by atoms with Gasteiger partial charge in [0, 0.05) is 6.42 Å². The van der Waals surface area contributed by atoms with Crippen molar-refractivity contribution in [1.29, 1.82) is 0 Å². The fourth-order valence-electron chi connectivity index (χ4n) is 0.902. The zero-order valence-corrected chi connectivity index (χ0v) is 7.05. The van der Waals surface area contributed by atoms with Crippen molar-refractivity contribution in [3.63, 3.8) is 0 Å². The van der Waals surface area contributed by atoms with Crippen LogP contribution < -0.4 is 5.73 Å². The van der Waals surface area contributed by atoms with Gasteiger partial charge < -0.3 is 5.73 Å². The van der Waals surface area contributed by atoms with Gasteiger partial charge in [-0.3, -0.25) is 4.79 Å². The molecule has 2 N–H and O–H groups in total. The summed E-state index contributed by atoms with van der Waals surface area (Å²) in [4.78, 5) is 10.9. The number of hydrogen-bond donors (Lipinski definition) is 1. The molecule has 1 atom stereocenters. The van der Waals surface area contributed by atoms with E-state index >= 15 is 0 Å². The first kappa shape index (κ1) is 9.63. The van der Waals surface area contributed by atoms with Gasteiger partial charge in [0.15, 0.2) is 0 Å². The summed E-state index contributed by atoms with van der Waals surface area (Å²) in [7, 11) is 0. The lowest BCUT2D eigenvalue weighted by molar-refractivity contribution is -0.120. The van der Waals surface area contributed by atoms with E-state index in [1.165, 1.54) is 0 Å². The fourth-order valence-corrected chi connectivity index (χ4v) is 0.902. The zero-order chi connectivity index (χ0) is 8.15. The average molecular weight is 143 g/mol. The molecule has 0 aromatic carbocycles. The summed E-state index contributed by atoms with van der Waals surface area (Å²) in [5.74, 6) is 0.694. The van der Waals surface area contributed by atoms with Gasteiger partial charge >= 0.3 is 0 Å². The van der Waals surface area contributed by atoms with Gasteiger partial charge in [-0.2, -0.15) is 0 Å². The molecule has 60 valence electrons. The van der Waals surface area contributed by atoms with Gasteiger partial charge in [-0.1, -0.05) is 20.8 Å². The number of hydrogen-bond acceptors (Lipinski definition) is 2. The molecular formula is C8H17NO. The normalized spacial score (nSPS) is 13.7. The van der Waals surface area contributed by atoms with Crippen molar-refractivity contribution >= 4 is 5.78 Å². The first-order valence-corrected chi connectivity index (χ1v) is 3.86. The van der Waals surface area contributed by atoms with E-state index in [1.807, 2.05) is 6.92 Å². The van der Waals surface area contributed by atoms with E-state index in [0.29, 0.717) is 12.3 Å². The maximum Gasteiger partial charge on any atom is 0.149 e. The van der Waals surface area contributed by atoms with Crippen LogP contribution in [-0.2, 0) is 4.79 Å². The molecule has 0 aliphatic rings. The fraction of sp³-hybridized carbons (Fsp3) is 0.875. The van der Waals surface area contributed by atoms with Crippen LogP contribution in [0, 0.1) is 5.92 Å². The lowest BCUT2D eigenvalue weighted by Gasteiger charge is -2.10. The smallest absolute Gasteiger partial charge is 0.149 e. The number of nitrogens with two attached hydrogens (primary N) is 1. The van der Waals surface area contributed by atoms with Crippen molar-refractivity contribution < 1.29 is 4.79 Å². The Bertz CT molecular complexity index is 110. The highest BCUT2D eigenvalue weighted by Crippen LogP contribution is 2.04. The Morgan fingerprint density at radius 3 is 2.30 bits per heavy atom. The molecule has 10 heavy (non-hydrogen) atoms. The van der Waals surface area contributed by atoms with Gasteiger partial charge in [0.05, 0.1) is 6.04 Å². The molecule has 0 radical (unpaired) electrons. The second-order valence-corrected chi connectivity index (χ2v) is 3.06. The maximum absolute atomic E-state index is 10.9. The Hall–Kier alpha value is -0.370. The topological polar surface area (TPSA) is 43.1 Å². The third kappa shape index (κ3) is 3.62. The number of ketones is 1. The predicted octanol–water partition coefficient (Wildman–Crippen LogP) is 1.34. The summed E-state index contributed by atoms with van der Waals surface area (Å²) in [6, 6.07) is -0.231. The highest BCUT2D eigenvalue weighted by atomic mass is 16.1. The molecule has 2 nitrogen and oxygen atoms in total. The zero-order valence-electron chi connectivity index (χ0n) is 7.05. The second-order valence-electron chi connectivity index (χ2n) is 3.06. The molecule has 0 heterocycles. The molecule has 0 bridgehead atoms. The summed E-state index contributed by atoms with van der Waals surface area (Å²) in [6.45, 7) is 5.99. The van der Waals surface area contributed by atoms with Gasteiger partial charge in [-0.05, 0) is 12.3 Å². The molecule has 0 unspecified atom stereocenters. The largest absolute Gasteiger partial charge is 0.322 e. The van der Waals surface area contributed by atoms with E-state index in [4.69, 9.17) is 5.73 Å². The molecule has 0 aromatic heterocycles. The Kier molecular flexibility index (Phi) is 4.28. The van der Waals surface area contributed by atoms with Crippen LogP contribution in [0.2, 0.25) is 0 Å². The molecular weight excluding hydrogens is 126 g/mol. The molecule has 0 aliphatic carbocycles. The minimum atomic E-state index is -0.231. The minimum Gasteiger partial charge on any atom is -0.322 e. The summed E-state index contributed by atoms with van der Waals surface area (Å²) >= 11 is 0. The number of carbonyl (C=O) groups excluding carboxylic acids is 1. The highest BCUT2D eigenvalue weighted by molar-refractivity contribution is 5.83. The Morgan fingerprint density at radius 1 is 1.50 bits per heavy atom. The highest BCUT2D eigenvalue weighted by Gasteiger charge is 2.11. The molecule has 0 spiro atoms. The van der Waals surface area contributed by atoms with Crippen LogP contribution in [0.3, 0.4) is 0 Å². The van der Waals surface area contributed by atoms with E-state index < -0.39 is 0 Å². The summed E-state index contributed by atoms with van der Waals surface area (Å²) in [5, 5.41) is 0. The molecule has 0 amide bonds. The summed E-state index contributed by atoms with van der Waals surface area (Å²) in [6.07, 6.45) is 1.38. The molecule has 0 fully saturated rings. The van der Waals surface area contributed by atoms with Gasteiger partial charge in [0.2, 0.25) is 0 Å². The molecule has 0 aromatic rings. The minimum absolute atomic E-state index is 0.175. The van der Waals surface area contributed by atoms with E-state index in [9.17, 15) is 4.79 Å². The second kappa shape index (κ2) is 4.45. The molecule has 0 rings (SSSR count). The van der Waals surface area contributed by atoms with Crippen LogP contribution in [-0.4, -0.2) is 11.8 Å². The quantitative estimate of drug-likeness (QED) is 0.645. The van der Waals surface area contributed by atoms with Crippen molar-refractivity contribution in [2.24, 2.45) is 11.7 Å². The number of carbonyl (C=O) groups is 1. The van der Waals surface area contributed by atoms with E-state index in [0.717, 1.165) is 6.42 Å². The monoisotopic (exact) mass is 143 g/mol. The average Bonchev–Trinajstić information content (AvgIpc) is 1.85. The van der Waals surface area contributed by atoms with Crippen molar-refractivity contribution in [2.45, 2.75) is 39.7 Å². The third-order valence-corrected chi connectivity index (χ3v) is 1.49. The van der Waals surface area contributed by atoms with Crippen molar-refractivity contribution in [3.8, 4) is 0 Å². The third-order valence-electron chi connectivity index (χ3n) is 1.49. The predicted molar refractivity (Wildman–Crippen MR) is 42.7 cm³/mol. The van der Waals surface area contributed by atoms with Gasteiger partial charge in [-0.15, -0.1) is 0 Å². The van der Waals surface area contributed by atoms with Crippen LogP contribution >= 0.6 is 0 Å². The molecule has 0 saturated carbocycles.